The number of anilines is 1. The molecule has 1 heterocycles. The van der Waals surface area contributed by atoms with E-state index in [4.69, 9.17) is 21.7 Å². The molecule has 2 fully saturated rings. The summed E-state index contributed by atoms with van der Waals surface area (Å²) >= 11 is 5.64. The molecule has 1 saturated carbocycles. The zero-order valence-corrected chi connectivity index (χ0v) is 24.3. The number of benzene rings is 3. The third-order valence-corrected chi connectivity index (χ3v) is 8.40. The Balaban J connectivity index is 1.42. The van der Waals surface area contributed by atoms with E-state index in [1.54, 1.807) is 37.3 Å². The number of thiocarbonyl (C=S) groups is 1. The Bertz CT molecular complexity index is 1380. The van der Waals surface area contributed by atoms with Crippen molar-refractivity contribution >= 4 is 34.8 Å². The van der Waals surface area contributed by atoms with Crippen molar-refractivity contribution in [2.24, 2.45) is 0 Å². The molecule has 5 rings (SSSR count). The molecule has 1 aliphatic heterocycles. The third-order valence-electron chi connectivity index (χ3n) is 8.03. The van der Waals surface area contributed by atoms with Crippen molar-refractivity contribution in [2.75, 3.05) is 32.6 Å². The minimum Gasteiger partial charge on any atom is -0.497 e. The van der Waals surface area contributed by atoms with Gasteiger partial charge in [-0.05, 0) is 48.3 Å². The Kier molecular flexibility index (Phi) is 8.73. The fourth-order valence-electron chi connectivity index (χ4n) is 5.81. The van der Waals surface area contributed by atoms with Crippen LogP contribution in [0.4, 0.5) is 5.69 Å². The lowest BCUT2D eigenvalue weighted by molar-refractivity contribution is -0.146. The fourth-order valence-corrected chi connectivity index (χ4v) is 6.09. The predicted molar refractivity (Wildman–Crippen MR) is 163 cm³/mol. The molecule has 8 nitrogen and oxygen atoms in total. The lowest BCUT2D eigenvalue weighted by Gasteiger charge is -2.41. The topological polar surface area (TPSA) is 83.1 Å². The van der Waals surface area contributed by atoms with E-state index < -0.39 is 5.54 Å². The molecular formula is C32H36N4O4S. The zero-order valence-electron chi connectivity index (χ0n) is 23.5. The second kappa shape index (κ2) is 12.6. The Morgan fingerprint density at radius 1 is 1.00 bits per heavy atom. The molecule has 0 spiro atoms. The molecular weight excluding hydrogens is 536 g/mol. The molecule has 1 aliphatic carbocycles. The first-order valence-corrected chi connectivity index (χ1v) is 14.3. The number of hydrogen-bond donors (Lipinski definition) is 2. The molecule has 3 aromatic rings. The van der Waals surface area contributed by atoms with Crippen LogP contribution in [0.1, 0.15) is 42.9 Å². The highest BCUT2D eigenvalue weighted by molar-refractivity contribution is 7.80. The largest absolute Gasteiger partial charge is 0.497 e. The van der Waals surface area contributed by atoms with Gasteiger partial charge in [-0.25, -0.2) is 0 Å². The Labute approximate surface area is 246 Å². The van der Waals surface area contributed by atoms with E-state index in [1.807, 2.05) is 53.4 Å². The normalized spacial score (nSPS) is 17.6. The third kappa shape index (κ3) is 6.15. The number of carbonyl (C=O) groups excluding carboxylic acids is 2. The fraction of sp³-hybridized carbons (Fsp3) is 0.344. The van der Waals surface area contributed by atoms with Gasteiger partial charge in [0.05, 0.1) is 32.5 Å². The SMILES string of the molecule is COc1ccc(NC(=O)C2(N(Cc3ccccc3)C(=O)CN3CC(c4ccccc4)NC3=S)CCCC2)c(OC)c1. The van der Waals surface area contributed by atoms with E-state index in [2.05, 4.69) is 22.8 Å². The van der Waals surface area contributed by atoms with E-state index >= 15 is 0 Å². The molecule has 0 radical (unpaired) electrons. The smallest absolute Gasteiger partial charge is 0.250 e. The first-order chi connectivity index (χ1) is 19.9. The van der Waals surface area contributed by atoms with Gasteiger partial charge in [-0.3, -0.25) is 9.59 Å². The van der Waals surface area contributed by atoms with Crippen molar-refractivity contribution in [2.45, 2.75) is 43.8 Å². The van der Waals surface area contributed by atoms with Crippen LogP contribution in [0.2, 0.25) is 0 Å². The van der Waals surface area contributed by atoms with E-state index in [9.17, 15) is 9.59 Å². The molecule has 214 valence electrons. The molecule has 9 heteroatoms. The molecule has 41 heavy (non-hydrogen) atoms. The minimum atomic E-state index is -1.01. The first kappa shape index (κ1) is 28.4. The monoisotopic (exact) mass is 572 g/mol. The van der Waals surface area contributed by atoms with Crippen LogP contribution < -0.4 is 20.1 Å². The summed E-state index contributed by atoms with van der Waals surface area (Å²) in [6, 6.07) is 25.2. The van der Waals surface area contributed by atoms with Crippen LogP contribution >= 0.6 is 12.2 Å². The molecule has 1 unspecified atom stereocenters. The molecule has 0 bridgehead atoms. The number of amides is 2. The van der Waals surface area contributed by atoms with Gasteiger partial charge < -0.3 is 29.9 Å². The van der Waals surface area contributed by atoms with Gasteiger partial charge in [0.2, 0.25) is 11.8 Å². The van der Waals surface area contributed by atoms with Crippen molar-refractivity contribution in [1.29, 1.82) is 0 Å². The molecule has 2 aliphatic rings. The molecule has 1 saturated heterocycles. The number of nitrogens with zero attached hydrogens (tertiary/aromatic N) is 2. The number of carbonyl (C=O) groups is 2. The van der Waals surface area contributed by atoms with Crippen LogP contribution in [0.15, 0.2) is 78.9 Å². The van der Waals surface area contributed by atoms with Gasteiger partial charge >= 0.3 is 0 Å². The summed E-state index contributed by atoms with van der Waals surface area (Å²) < 4.78 is 10.8. The molecule has 2 amide bonds. The standard InChI is InChI=1S/C32H36N4O4S/c1-39-25-15-16-26(28(19-25)40-2)33-30(38)32(17-9-10-18-32)36(20-23-11-5-3-6-12-23)29(37)22-35-21-27(34-31(35)41)24-13-7-4-8-14-24/h3-8,11-16,19,27H,9-10,17-18,20-22H2,1-2H3,(H,33,38)(H,34,41). The molecule has 3 aromatic carbocycles. The van der Waals surface area contributed by atoms with Crippen molar-refractivity contribution < 1.29 is 19.1 Å². The highest BCUT2D eigenvalue weighted by Crippen LogP contribution is 2.39. The maximum Gasteiger partial charge on any atom is 0.250 e. The highest BCUT2D eigenvalue weighted by Gasteiger charge is 2.49. The average Bonchev–Trinajstić information content (AvgIpc) is 3.65. The maximum atomic E-state index is 14.2. The summed E-state index contributed by atoms with van der Waals surface area (Å²) in [5, 5.41) is 6.98. The van der Waals surface area contributed by atoms with Crippen LogP contribution in [0.25, 0.3) is 0 Å². The lowest BCUT2D eigenvalue weighted by atomic mass is 9.92. The number of rotatable bonds is 10. The number of hydrogen-bond acceptors (Lipinski definition) is 5. The van der Waals surface area contributed by atoms with Crippen molar-refractivity contribution in [1.82, 2.24) is 15.1 Å². The lowest BCUT2D eigenvalue weighted by Crippen LogP contribution is -2.59. The van der Waals surface area contributed by atoms with E-state index in [1.165, 1.54) is 0 Å². The number of methoxy groups -OCH3 is 2. The van der Waals surface area contributed by atoms with Gasteiger partial charge in [0.25, 0.3) is 0 Å². The Hall–Kier alpha value is -4.11. The minimum absolute atomic E-state index is 0.00495. The number of ether oxygens (including phenoxy) is 2. The van der Waals surface area contributed by atoms with Gasteiger partial charge in [0.15, 0.2) is 5.11 Å². The Morgan fingerprint density at radius 2 is 1.68 bits per heavy atom. The summed E-state index contributed by atoms with van der Waals surface area (Å²) in [7, 11) is 3.13. The summed E-state index contributed by atoms with van der Waals surface area (Å²) in [6.07, 6.45) is 2.85. The van der Waals surface area contributed by atoms with Gasteiger partial charge in [0, 0.05) is 19.2 Å². The van der Waals surface area contributed by atoms with E-state index in [-0.39, 0.29) is 24.4 Å². The summed E-state index contributed by atoms with van der Waals surface area (Å²) in [6.45, 7) is 0.988. The average molecular weight is 573 g/mol. The van der Waals surface area contributed by atoms with Crippen LogP contribution in [0.5, 0.6) is 11.5 Å². The Morgan fingerprint density at radius 3 is 2.34 bits per heavy atom. The van der Waals surface area contributed by atoms with Crippen molar-refractivity contribution in [3.8, 4) is 11.5 Å². The quantitative estimate of drug-likeness (QED) is 0.334. The summed E-state index contributed by atoms with van der Waals surface area (Å²) in [4.78, 5) is 32.1. The van der Waals surface area contributed by atoms with Crippen LogP contribution in [0.3, 0.4) is 0 Å². The van der Waals surface area contributed by atoms with Gasteiger partial charge in [0.1, 0.15) is 17.0 Å². The van der Waals surface area contributed by atoms with Crippen molar-refractivity contribution in [3.63, 3.8) is 0 Å². The number of nitrogens with one attached hydrogen (secondary N) is 2. The maximum absolute atomic E-state index is 14.2. The molecule has 2 N–H and O–H groups in total. The van der Waals surface area contributed by atoms with E-state index in [0.717, 1.165) is 24.0 Å². The van der Waals surface area contributed by atoms with Crippen LogP contribution in [0, 0.1) is 0 Å². The second-order valence-electron chi connectivity index (χ2n) is 10.5. The van der Waals surface area contributed by atoms with Gasteiger partial charge in [-0.15, -0.1) is 0 Å². The first-order valence-electron chi connectivity index (χ1n) is 13.9. The van der Waals surface area contributed by atoms with Gasteiger partial charge in [-0.1, -0.05) is 73.5 Å². The predicted octanol–water partition coefficient (Wildman–Crippen LogP) is 4.92. The molecule has 1 atom stereocenters. The van der Waals surface area contributed by atoms with Crippen LogP contribution in [-0.4, -0.2) is 59.6 Å². The highest BCUT2D eigenvalue weighted by atomic mass is 32.1. The van der Waals surface area contributed by atoms with Gasteiger partial charge in [-0.2, -0.15) is 0 Å². The second-order valence-corrected chi connectivity index (χ2v) is 10.9. The van der Waals surface area contributed by atoms with Crippen molar-refractivity contribution in [3.05, 3.63) is 90.0 Å². The summed E-state index contributed by atoms with van der Waals surface area (Å²) in [5.41, 5.74) is 1.61. The van der Waals surface area contributed by atoms with Crippen LogP contribution in [-0.2, 0) is 16.1 Å². The molecule has 0 aromatic heterocycles. The summed E-state index contributed by atoms with van der Waals surface area (Å²) in [5.74, 6) is 0.769. The van der Waals surface area contributed by atoms with E-state index in [0.29, 0.717) is 48.2 Å². The zero-order chi connectivity index (χ0) is 28.8.